The summed E-state index contributed by atoms with van der Waals surface area (Å²) in [6.07, 6.45) is 5.23. The first-order valence-electron chi connectivity index (χ1n) is 6.92. The van der Waals surface area contributed by atoms with Gasteiger partial charge in [0, 0.05) is 25.4 Å². The lowest BCUT2D eigenvalue weighted by molar-refractivity contribution is -0.385. The second-order valence-electron chi connectivity index (χ2n) is 4.73. The van der Waals surface area contributed by atoms with Crippen LogP contribution in [0.3, 0.4) is 0 Å². The molecule has 0 radical (unpaired) electrons. The molecular weight excluding hydrogens is 292 g/mol. The maximum absolute atomic E-state index is 10.6. The van der Waals surface area contributed by atoms with Gasteiger partial charge in [-0.3, -0.25) is 19.8 Å². The number of nitrogens with one attached hydrogen (secondary N) is 2. The topological polar surface area (TPSA) is 97.4 Å². The van der Waals surface area contributed by atoms with Crippen LogP contribution in [0.15, 0.2) is 17.4 Å². The molecule has 0 amide bonds. The number of hydrogen-bond donors (Lipinski definition) is 2. The monoisotopic (exact) mass is 312 g/mol. The van der Waals surface area contributed by atoms with E-state index >= 15 is 0 Å². The molecule has 1 unspecified atom stereocenters. The van der Waals surface area contributed by atoms with E-state index in [9.17, 15) is 10.1 Å². The molecule has 2 N–H and O–H groups in total. The number of rotatable bonds is 6. The van der Waals surface area contributed by atoms with Gasteiger partial charge in [0.05, 0.1) is 11.5 Å². The van der Waals surface area contributed by atoms with E-state index < -0.39 is 4.92 Å². The van der Waals surface area contributed by atoms with E-state index in [1.165, 1.54) is 31.0 Å². The van der Waals surface area contributed by atoms with E-state index in [1.54, 1.807) is 11.7 Å². The van der Waals surface area contributed by atoms with Crippen molar-refractivity contribution in [3.63, 3.8) is 0 Å². The molecule has 0 aliphatic carbocycles. The molecule has 1 aliphatic heterocycles. The highest BCUT2D eigenvalue weighted by Gasteiger charge is 2.15. The van der Waals surface area contributed by atoms with Crippen molar-refractivity contribution < 1.29 is 4.92 Å². The summed E-state index contributed by atoms with van der Waals surface area (Å²) in [6, 6.07) is 0. The van der Waals surface area contributed by atoms with Gasteiger partial charge < -0.3 is 10.6 Å². The minimum Gasteiger partial charge on any atom is -0.355 e. The molecule has 0 aromatic carbocycles. The number of thioether (sulfide) groups is 1. The second kappa shape index (κ2) is 7.87. The molecule has 8 nitrogen and oxygen atoms in total. The number of aliphatic imine (C=N–C) groups is 1. The molecule has 2 rings (SSSR count). The highest BCUT2D eigenvalue weighted by Crippen LogP contribution is 2.25. The highest BCUT2D eigenvalue weighted by molar-refractivity contribution is 8.00. The van der Waals surface area contributed by atoms with Gasteiger partial charge in [-0.1, -0.05) is 0 Å². The van der Waals surface area contributed by atoms with E-state index in [2.05, 4.69) is 20.7 Å². The van der Waals surface area contributed by atoms with Gasteiger partial charge >= 0.3 is 5.69 Å². The maximum Gasteiger partial charge on any atom is 0.306 e. The predicted molar refractivity (Wildman–Crippen MR) is 83.7 cm³/mol. The summed E-state index contributed by atoms with van der Waals surface area (Å²) in [7, 11) is 1.73. The third-order valence-corrected chi connectivity index (χ3v) is 4.61. The van der Waals surface area contributed by atoms with Crippen molar-refractivity contribution in [3.8, 4) is 0 Å². The van der Waals surface area contributed by atoms with Crippen molar-refractivity contribution in [2.75, 3.05) is 25.9 Å². The molecule has 1 aromatic heterocycles. The number of aromatic nitrogens is 2. The van der Waals surface area contributed by atoms with E-state index in [-0.39, 0.29) is 5.69 Å². The summed E-state index contributed by atoms with van der Waals surface area (Å²) in [6.45, 7) is 2.07. The van der Waals surface area contributed by atoms with E-state index in [0.29, 0.717) is 18.3 Å². The van der Waals surface area contributed by atoms with Gasteiger partial charge in [-0.25, -0.2) is 0 Å². The average Bonchev–Trinajstić information content (AvgIpc) is 3.13. The average molecular weight is 312 g/mol. The Hall–Kier alpha value is -1.77. The van der Waals surface area contributed by atoms with Crippen LogP contribution >= 0.6 is 11.8 Å². The van der Waals surface area contributed by atoms with E-state index in [0.717, 1.165) is 12.5 Å². The van der Waals surface area contributed by atoms with Crippen molar-refractivity contribution in [3.05, 3.63) is 22.5 Å². The number of guanidine groups is 1. The Balaban J connectivity index is 1.68. The maximum atomic E-state index is 10.6. The van der Waals surface area contributed by atoms with Crippen LogP contribution < -0.4 is 10.6 Å². The van der Waals surface area contributed by atoms with Crippen LogP contribution in [0.25, 0.3) is 0 Å². The molecule has 0 spiro atoms. The van der Waals surface area contributed by atoms with E-state index in [1.807, 2.05) is 11.8 Å². The van der Waals surface area contributed by atoms with Gasteiger partial charge in [0.25, 0.3) is 0 Å². The molecule has 1 aromatic rings. The molecule has 0 bridgehead atoms. The van der Waals surface area contributed by atoms with Crippen molar-refractivity contribution in [2.45, 2.75) is 24.6 Å². The first kappa shape index (κ1) is 15.6. The standard InChI is InChI=1S/C12H20N6O2S/c1-13-12(15-8-11-3-2-6-21-11)14-4-5-17-9-10(7-16-17)18(19)20/h7,9,11H,2-6,8H2,1H3,(H2,13,14,15). The lowest BCUT2D eigenvalue weighted by atomic mass is 10.2. The summed E-state index contributed by atoms with van der Waals surface area (Å²) in [5.74, 6) is 2.00. The highest BCUT2D eigenvalue weighted by atomic mass is 32.2. The molecule has 21 heavy (non-hydrogen) atoms. The summed E-state index contributed by atoms with van der Waals surface area (Å²) < 4.78 is 1.55. The number of hydrogen-bond acceptors (Lipinski definition) is 5. The summed E-state index contributed by atoms with van der Waals surface area (Å²) in [4.78, 5) is 14.3. The SMILES string of the molecule is CN=C(NCCn1cc([N+](=O)[O-])cn1)NCC1CCCS1. The Kier molecular flexibility index (Phi) is 5.85. The second-order valence-corrected chi connectivity index (χ2v) is 6.14. The van der Waals surface area contributed by atoms with Crippen LogP contribution in [0.5, 0.6) is 0 Å². The molecule has 2 heterocycles. The lowest BCUT2D eigenvalue weighted by Gasteiger charge is -2.14. The van der Waals surface area contributed by atoms with Crippen LogP contribution in [0.4, 0.5) is 5.69 Å². The van der Waals surface area contributed by atoms with Gasteiger partial charge in [-0.2, -0.15) is 16.9 Å². The smallest absolute Gasteiger partial charge is 0.306 e. The van der Waals surface area contributed by atoms with Crippen LogP contribution in [-0.4, -0.2) is 51.8 Å². The van der Waals surface area contributed by atoms with Gasteiger partial charge in [-0.15, -0.1) is 0 Å². The number of nitro groups is 1. The van der Waals surface area contributed by atoms with Gasteiger partial charge in [-0.05, 0) is 18.6 Å². The van der Waals surface area contributed by atoms with Crippen LogP contribution in [0.2, 0.25) is 0 Å². The summed E-state index contributed by atoms with van der Waals surface area (Å²) in [5.41, 5.74) is 0.00997. The molecule has 9 heteroatoms. The molecule has 1 fully saturated rings. The lowest BCUT2D eigenvalue weighted by Crippen LogP contribution is -2.41. The zero-order valence-electron chi connectivity index (χ0n) is 12.0. The van der Waals surface area contributed by atoms with Crippen LogP contribution in [0, 0.1) is 10.1 Å². The molecular formula is C12H20N6O2S. The quantitative estimate of drug-likeness (QED) is 0.350. The minimum atomic E-state index is -0.448. The Morgan fingerprint density at radius 1 is 1.67 bits per heavy atom. The summed E-state index contributed by atoms with van der Waals surface area (Å²) in [5, 5.41) is 21.6. The first-order chi connectivity index (χ1) is 10.2. The molecule has 0 saturated carbocycles. The first-order valence-corrected chi connectivity index (χ1v) is 7.97. The normalized spacial score (nSPS) is 18.7. The summed E-state index contributed by atoms with van der Waals surface area (Å²) >= 11 is 2.00. The van der Waals surface area contributed by atoms with Crippen molar-refractivity contribution in [2.24, 2.45) is 4.99 Å². The molecule has 116 valence electrons. The van der Waals surface area contributed by atoms with Crippen molar-refractivity contribution in [1.82, 2.24) is 20.4 Å². The van der Waals surface area contributed by atoms with Crippen molar-refractivity contribution in [1.29, 1.82) is 0 Å². The van der Waals surface area contributed by atoms with Crippen molar-refractivity contribution >= 4 is 23.4 Å². The zero-order valence-corrected chi connectivity index (χ0v) is 12.8. The van der Waals surface area contributed by atoms with Gasteiger partial charge in [0.2, 0.25) is 0 Å². The Morgan fingerprint density at radius 2 is 2.52 bits per heavy atom. The van der Waals surface area contributed by atoms with Gasteiger partial charge in [0.15, 0.2) is 5.96 Å². The minimum absolute atomic E-state index is 0.00997. The fourth-order valence-corrected chi connectivity index (χ4v) is 3.30. The Labute approximate surface area is 127 Å². The van der Waals surface area contributed by atoms with Gasteiger partial charge in [0.1, 0.15) is 12.4 Å². The zero-order chi connectivity index (χ0) is 15.1. The molecule has 1 saturated heterocycles. The largest absolute Gasteiger partial charge is 0.355 e. The Bertz CT molecular complexity index is 498. The fraction of sp³-hybridized carbons (Fsp3) is 0.667. The predicted octanol–water partition coefficient (Wildman–Crippen LogP) is 0.852. The van der Waals surface area contributed by atoms with Crippen LogP contribution in [0.1, 0.15) is 12.8 Å². The van der Waals surface area contributed by atoms with Crippen LogP contribution in [-0.2, 0) is 6.54 Å². The number of nitrogens with zero attached hydrogens (tertiary/aromatic N) is 4. The molecule has 1 aliphatic rings. The third-order valence-electron chi connectivity index (χ3n) is 3.21. The van der Waals surface area contributed by atoms with E-state index in [4.69, 9.17) is 0 Å². The fourth-order valence-electron chi connectivity index (χ4n) is 2.09. The third kappa shape index (κ3) is 4.92. The Morgan fingerprint density at radius 3 is 3.14 bits per heavy atom. The molecule has 1 atom stereocenters.